The van der Waals surface area contributed by atoms with Crippen molar-refractivity contribution in [3.05, 3.63) is 53.1 Å². The van der Waals surface area contributed by atoms with Crippen LogP contribution in [-0.2, 0) is 30.8 Å². The van der Waals surface area contributed by atoms with E-state index in [1.807, 2.05) is 0 Å². The average Bonchev–Trinajstić information content (AvgIpc) is 2.80. The molecule has 0 atom stereocenters. The van der Waals surface area contributed by atoms with E-state index in [-0.39, 0.29) is 47.2 Å². The van der Waals surface area contributed by atoms with E-state index in [0.717, 1.165) is 5.56 Å². The summed E-state index contributed by atoms with van der Waals surface area (Å²) in [5.74, 6) is -0.347. The molecule has 0 aromatic heterocycles. The number of halogens is 1. The van der Waals surface area contributed by atoms with Gasteiger partial charge in [-0.15, -0.1) is 0 Å². The molecule has 0 unspecified atom stereocenters. The van der Waals surface area contributed by atoms with Crippen LogP contribution in [0.4, 0.5) is 5.69 Å². The number of sulfonamides is 1. The Labute approximate surface area is 198 Å². The third-order valence-electron chi connectivity index (χ3n) is 5.46. The van der Waals surface area contributed by atoms with Gasteiger partial charge in [-0.25, -0.2) is 8.42 Å². The van der Waals surface area contributed by atoms with Gasteiger partial charge in [0.15, 0.2) is 0 Å². The maximum atomic E-state index is 12.9. The molecule has 178 valence electrons. The Morgan fingerprint density at radius 3 is 2.36 bits per heavy atom. The zero-order valence-electron chi connectivity index (χ0n) is 18.5. The molecule has 2 aromatic rings. The van der Waals surface area contributed by atoms with Gasteiger partial charge >= 0.3 is 5.97 Å². The molecule has 0 aliphatic carbocycles. The van der Waals surface area contributed by atoms with Crippen LogP contribution in [0.3, 0.4) is 0 Å². The molecule has 2 aromatic carbocycles. The molecule has 3 rings (SSSR count). The smallest absolute Gasteiger partial charge is 0.310 e. The Bertz CT molecular complexity index is 1100. The lowest BCUT2D eigenvalue weighted by molar-refractivity contribution is -0.142. The molecule has 0 radical (unpaired) electrons. The quantitative estimate of drug-likeness (QED) is 0.563. The van der Waals surface area contributed by atoms with Crippen LogP contribution in [0.15, 0.2) is 47.4 Å². The molecular weight excluding hydrogens is 468 g/mol. The highest BCUT2D eigenvalue weighted by molar-refractivity contribution is 7.89. The molecule has 0 spiro atoms. The molecule has 0 saturated carbocycles. The van der Waals surface area contributed by atoms with Crippen molar-refractivity contribution in [1.29, 1.82) is 0 Å². The molecule has 0 bridgehead atoms. The fourth-order valence-corrected chi connectivity index (χ4v) is 5.46. The molecule has 1 aliphatic heterocycles. The van der Waals surface area contributed by atoms with Crippen LogP contribution in [0, 0.1) is 5.92 Å². The zero-order valence-corrected chi connectivity index (χ0v) is 20.1. The number of amides is 1. The molecule has 10 heteroatoms. The maximum Gasteiger partial charge on any atom is 0.310 e. The molecule has 1 aliphatic rings. The summed E-state index contributed by atoms with van der Waals surface area (Å²) >= 11 is 6.08. The second kappa shape index (κ2) is 11.0. The predicted molar refractivity (Wildman–Crippen MR) is 125 cm³/mol. The predicted octanol–water partition coefficient (Wildman–Crippen LogP) is 3.49. The standard InChI is InChI=1S/C23H27ClN2O6S/c1-3-32-22(27)14-16-4-6-18(7-5-16)25-23(28)17-10-12-26(13-11-17)33(29,30)19-8-9-21(31-2)20(24)15-19/h4-9,15,17H,3,10-14H2,1-2H3,(H,25,28). The molecule has 1 amide bonds. The number of piperidine rings is 1. The van der Waals surface area contributed by atoms with Crippen LogP contribution >= 0.6 is 11.6 Å². The van der Waals surface area contributed by atoms with Crippen molar-refractivity contribution in [3.63, 3.8) is 0 Å². The molecule has 1 N–H and O–H groups in total. The Hall–Kier alpha value is -2.62. The van der Waals surface area contributed by atoms with Crippen molar-refractivity contribution in [3.8, 4) is 5.75 Å². The number of hydrogen-bond donors (Lipinski definition) is 1. The minimum atomic E-state index is -3.71. The van der Waals surface area contributed by atoms with Gasteiger partial charge in [0, 0.05) is 24.7 Å². The summed E-state index contributed by atoms with van der Waals surface area (Å²) < 4.78 is 37.3. The highest BCUT2D eigenvalue weighted by Gasteiger charge is 2.32. The number of anilines is 1. The lowest BCUT2D eigenvalue weighted by Gasteiger charge is -2.30. The Balaban J connectivity index is 1.55. The van der Waals surface area contributed by atoms with Gasteiger partial charge in [0.2, 0.25) is 15.9 Å². The number of esters is 1. The second-order valence-electron chi connectivity index (χ2n) is 7.64. The van der Waals surface area contributed by atoms with Gasteiger partial charge in [-0.2, -0.15) is 4.31 Å². The first-order chi connectivity index (χ1) is 15.7. The molecule has 33 heavy (non-hydrogen) atoms. The number of ether oxygens (including phenoxy) is 2. The number of nitrogens with zero attached hydrogens (tertiary/aromatic N) is 1. The Morgan fingerprint density at radius 1 is 1.12 bits per heavy atom. The third kappa shape index (κ3) is 6.25. The first-order valence-electron chi connectivity index (χ1n) is 10.6. The van der Waals surface area contributed by atoms with E-state index in [4.69, 9.17) is 21.1 Å². The van der Waals surface area contributed by atoms with Crippen molar-refractivity contribution >= 4 is 39.2 Å². The number of benzene rings is 2. The molecule has 1 saturated heterocycles. The van der Waals surface area contributed by atoms with Gasteiger partial charge < -0.3 is 14.8 Å². The molecule has 8 nitrogen and oxygen atoms in total. The van der Waals surface area contributed by atoms with Crippen molar-refractivity contribution in [2.45, 2.75) is 31.1 Å². The van der Waals surface area contributed by atoms with Gasteiger partial charge in [-0.1, -0.05) is 23.7 Å². The first kappa shape index (κ1) is 25.0. The second-order valence-corrected chi connectivity index (χ2v) is 9.99. The topological polar surface area (TPSA) is 102 Å². The maximum absolute atomic E-state index is 12.9. The van der Waals surface area contributed by atoms with Gasteiger partial charge in [0.05, 0.1) is 30.1 Å². The number of carbonyl (C=O) groups is 2. The number of nitrogens with one attached hydrogen (secondary N) is 1. The van der Waals surface area contributed by atoms with Crippen molar-refractivity contribution in [1.82, 2.24) is 4.31 Å². The summed E-state index contributed by atoms with van der Waals surface area (Å²) in [6, 6.07) is 11.4. The van der Waals surface area contributed by atoms with Crippen LogP contribution in [0.5, 0.6) is 5.75 Å². The Kier molecular flexibility index (Phi) is 8.34. The van der Waals surface area contributed by atoms with E-state index in [2.05, 4.69) is 5.32 Å². The van der Waals surface area contributed by atoms with E-state index in [1.165, 1.54) is 29.6 Å². The summed E-state index contributed by atoms with van der Waals surface area (Å²) in [4.78, 5) is 24.3. The Morgan fingerprint density at radius 2 is 1.79 bits per heavy atom. The monoisotopic (exact) mass is 494 g/mol. The minimum absolute atomic E-state index is 0.0964. The summed E-state index contributed by atoms with van der Waals surface area (Å²) in [6.45, 7) is 2.57. The van der Waals surface area contributed by atoms with Crippen LogP contribution in [0.25, 0.3) is 0 Å². The zero-order chi connectivity index (χ0) is 24.0. The fraction of sp³-hybridized carbons (Fsp3) is 0.391. The molecular formula is C23H27ClN2O6S. The largest absolute Gasteiger partial charge is 0.495 e. The summed E-state index contributed by atoms with van der Waals surface area (Å²) in [6.07, 6.45) is 1.00. The van der Waals surface area contributed by atoms with E-state index in [0.29, 0.717) is 30.9 Å². The van der Waals surface area contributed by atoms with Crippen LogP contribution in [-0.4, -0.2) is 51.4 Å². The van der Waals surface area contributed by atoms with E-state index in [1.54, 1.807) is 31.2 Å². The third-order valence-corrected chi connectivity index (χ3v) is 7.65. The van der Waals surface area contributed by atoms with Gasteiger partial charge in [0.25, 0.3) is 0 Å². The highest BCUT2D eigenvalue weighted by atomic mass is 35.5. The van der Waals surface area contributed by atoms with E-state index in [9.17, 15) is 18.0 Å². The van der Waals surface area contributed by atoms with E-state index < -0.39 is 10.0 Å². The van der Waals surface area contributed by atoms with Crippen LogP contribution in [0.1, 0.15) is 25.3 Å². The normalized spacial score (nSPS) is 15.1. The summed E-state index contributed by atoms with van der Waals surface area (Å²) in [5.41, 5.74) is 1.42. The first-order valence-corrected chi connectivity index (χ1v) is 12.5. The number of carbonyl (C=O) groups excluding carboxylic acids is 2. The van der Waals surface area contributed by atoms with Crippen LogP contribution in [0.2, 0.25) is 5.02 Å². The molecule has 1 heterocycles. The van der Waals surface area contributed by atoms with Crippen molar-refractivity contribution in [2.24, 2.45) is 5.92 Å². The van der Waals surface area contributed by atoms with Crippen LogP contribution < -0.4 is 10.1 Å². The number of methoxy groups -OCH3 is 1. The van der Waals surface area contributed by atoms with Gasteiger partial charge in [0.1, 0.15) is 5.75 Å². The van der Waals surface area contributed by atoms with E-state index >= 15 is 0 Å². The van der Waals surface area contributed by atoms with Gasteiger partial charge in [-0.05, 0) is 55.7 Å². The number of rotatable bonds is 8. The summed E-state index contributed by atoms with van der Waals surface area (Å²) in [5, 5.41) is 3.09. The fourth-order valence-electron chi connectivity index (χ4n) is 3.64. The number of hydrogen-bond acceptors (Lipinski definition) is 6. The lowest BCUT2D eigenvalue weighted by atomic mass is 9.97. The van der Waals surface area contributed by atoms with Crippen molar-refractivity contribution in [2.75, 3.05) is 32.1 Å². The molecule has 1 fully saturated rings. The summed E-state index contributed by atoms with van der Waals surface area (Å²) in [7, 11) is -2.25. The highest BCUT2D eigenvalue weighted by Crippen LogP contribution is 2.30. The minimum Gasteiger partial charge on any atom is -0.495 e. The SMILES string of the molecule is CCOC(=O)Cc1ccc(NC(=O)C2CCN(S(=O)(=O)c3ccc(OC)c(Cl)c3)CC2)cc1. The van der Waals surface area contributed by atoms with Gasteiger partial charge in [-0.3, -0.25) is 9.59 Å². The average molecular weight is 495 g/mol. The lowest BCUT2D eigenvalue weighted by Crippen LogP contribution is -2.41. The van der Waals surface area contributed by atoms with Crippen molar-refractivity contribution < 1.29 is 27.5 Å².